The maximum Gasteiger partial charge on any atom is 0.264 e. The molecule has 0 radical (unpaired) electrons. The topological polar surface area (TPSA) is 102 Å². The molecule has 0 unspecified atom stereocenters. The zero-order chi connectivity index (χ0) is 30.1. The maximum atomic E-state index is 13.3. The highest BCUT2D eigenvalue weighted by atomic mass is 35.5. The molecule has 2 aromatic rings. The van der Waals surface area contributed by atoms with Gasteiger partial charge in [-0.3, -0.25) is 4.79 Å². The van der Waals surface area contributed by atoms with E-state index in [1.807, 2.05) is 12.1 Å². The maximum absolute atomic E-state index is 13.3. The van der Waals surface area contributed by atoms with Gasteiger partial charge in [0.05, 0.1) is 17.5 Å². The molecule has 43 heavy (non-hydrogen) atoms. The second kappa shape index (κ2) is 13.6. The second-order valence-corrected chi connectivity index (χ2v) is 14.8. The average Bonchev–Trinajstić information content (AvgIpc) is 3.10. The zero-order valence-electron chi connectivity index (χ0n) is 24.8. The first-order valence-electron chi connectivity index (χ1n) is 14.9. The van der Waals surface area contributed by atoms with Gasteiger partial charge in [0.15, 0.2) is 0 Å². The molecule has 1 heterocycles. The van der Waals surface area contributed by atoms with E-state index in [4.69, 9.17) is 22.1 Å². The zero-order valence-corrected chi connectivity index (χ0v) is 27.2. The quantitative estimate of drug-likeness (QED) is 0.298. The molecule has 1 spiro atoms. The summed E-state index contributed by atoms with van der Waals surface area (Å²) in [5, 5.41) is 0.0186. The number of fused-ring (bicyclic) bond motifs is 3. The Balaban J connectivity index is 0.00000423. The predicted molar refractivity (Wildman–Crippen MR) is 177 cm³/mol. The fourth-order valence-corrected chi connectivity index (χ4v) is 8.06. The minimum atomic E-state index is -3.84. The van der Waals surface area contributed by atoms with Crippen LogP contribution in [0.3, 0.4) is 0 Å². The van der Waals surface area contributed by atoms with E-state index in [9.17, 15) is 13.2 Å². The van der Waals surface area contributed by atoms with Gasteiger partial charge in [0.1, 0.15) is 5.75 Å². The molecule has 2 aromatic carbocycles. The molecule has 10 heteroatoms. The Bertz CT molecular complexity index is 1470. The van der Waals surface area contributed by atoms with Gasteiger partial charge in [-0.2, -0.15) is 0 Å². The van der Waals surface area contributed by atoms with Gasteiger partial charge in [-0.25, -0.2) is 13.1 Å². The normalized spacial score (nSPS) is 24.1. The van der Waals surface area contributed by atoms with Crippen molar-refractivity contribution in [2.45, 2.75) is 68.6 Å². The fraction of sp³-hybridized carbons (Fsp3) is 0.485. The number of anilines is 1. The number of hydrogen-bond acceptors (Lipinski definition) is 6. The van der Waals surface area contributed by atoms with Crippen LogP contribution in [0.2, 0.25) is 5.02 Å². The summed E-state index contributed by atoms with van der Waals surface area (Å²) in [5.41, 5.74) is 9.76. The lowest BCUT2D eigenvalue weighted by atomic mass is 9.68. The van der Waals surface area contributed by atoms with Crippen LogP contribution >= 0.6 is 24.0 Å². The molecule has 3 N–H and O–H groups in total. The van der Waals surface area contributed by atoms with Gasteiger partial charge in [-0.1, -0.05) is 29.8 Å². The third-order valence-electron chi connectivity index (χ3n) is 9.54. The van der Waals surface area contributed by atoms with Gasteiger partial charge >= 0.3 is 0 Å². The Hall–Kier alpha value is -2.52. The van der Waals surface area contributed by atoms with Crippen molar-refractivity contribution in [3.05, 3.63) is 83.4 Å². The van der Waals surface area contributed by atoms with Crippen molar-refractivity contribution in [2.24, 2.45) is 17.6 Å². The summed E-state index contributed by atoms with van der Waals surface area (Å²) >= 11 is 6.38. The third kappa shape index (κ3) is 6.93. The molecule has 1 fully saturated rings. The molecule has 1 amide bonds. The van der Waals surface area contributed by atoms with E-state index in [1.165, 1.54) is 11.1 Å². The van der Waals surface area contributed by atoms with E-state index in [0.717, 1.165) is 49.4 Å². The largest absolute Gasteiger partial charge is 0.490 e. The van der Waals surface area contributed by atoms with Crippen LogP contribution in [0, 0.1) is 11.8 Å². The van der Waals surface area contributed by atoms with Crippen molar-refractivity contribution >= 4 is 45.6 Å². The molecule has 5 atom stereocenters. The van der Waals surface area contributed by atoms with Crippen LogP contribution in [0.25, 0.3) is 0 Å². The van der Waals surface area contributed by atoms with Crippen LogP contribution in [-0.2, 0) is 21.9 Å². The second-order valence-electron chi connectivity index (χ2n) is 12.3. The van der Waals surface area contributed by atoms with Crippen LogP contribution in [-0.4, -0.2) is 45.3 Å². The first kappa shape index (κ1) is 33.4. The van der Waals surface area contributed by atoms with Gasteiger partial charge < -0.3 is 15.4 Å². The summed E-state index contributed by atoms with van der Waals surface area (Å²) in [4.78, 5) is 15.6. The Labute approximate surface area is 267 Å². The molecular weight excluding hydrogens is 605 g/mol. The van der Waals surface area contributed by atoms with Crippen LogP contribution < -0.4 is 20.1 Å². The lowest BCUT2D eigenvalue weighted by Crippen LogP contribution is -2.50. The van der Waals surface area contributed by atoms with Crippen LogP contribution in [0.4, 0.5) is 5.69 Å². The van der Waals surface area contributed by atoms with Gasteiger partial charge in [0.25, 0.3) is 5.91 Å². The van der Waals surface area contributed by atoms with Crippen LogP contribution in [0.5, 0.6) is 5.75 Å². The van der Waals surface area contributed by atoms with Crippen molar-refractivity contribution in [2.75, 3.05) is 24.6 Å². The average molecular weight is 649 g/mol. The number of carbonyl (C=O) groups is 1. The minimum absolute atomic E-state index is 0. The number of carbonyl (C=O) groups excluding carboxylic acids is 1. The van der Waals surface area contributed by atoms with Gasteiger partial charge in [0, 0.05) is 35.1 Å². The molecule has 1 aliphatic heterocycles. The van der Waals surface area contributed by atoms with Gasteiger partial charge in [-0.05, 0) is 105 Å². The summed E-state index contributed by atoms with van der Waals surface area (Å²) in [6, 6.07) is 11.3. The summed E-state index contributed by atoms with van der Waals surface area (Å²) in [7, 11) is -3.84. The molecule has 5 rings (SSSR count). The standard InChI is InChI=1S/C33H42ClN3O4S.ClH/c1-4-6-8-22(3)42(39,40)36-32(38)24-11-15-31-30(18-24)37(19-25-10-13-27(25)29(35)5-2)20-33(21-41-31)16-7-9-23-17-26(34)12-14-28(23)33;/h4-5,11-12,14-15,17-18,22,25,27,29H,1-2,6-10,13,16,19-21,35H2,3H3,(H,36,38);1H/t22-,25+,27-,29+,33+;/m1./s1. The number of allylic oxidation sites excluding steroid dienone is 1. The molecule has 3 aliphatic rings. The van der Waals surface area contributed by atoms with E-state index in [2.05, 4.69) is 34.9 Å². The number of benzene rings is 2. The highest BCUT2D eigenvalue weighted by molar-refractivity contribution is 7.90. The Morgan fingerprint density at radius 2 is 2.05 bits per heavy atom. The minimum Gasteiger partial charge on any atom is -0.490 e. The molecular formula is C33H43Cl2N3O4S. The molecule has 234 valence electrons. The Morgan fingerprint density at radius 3 is 2.74 bits per heavy atom. The molecule has 1 saturated carbocycles. The van der Waals surface area contributed by atoms with Crippen molar-refractivity contribution in [3.8, 4) is 5.75 Å². The monoisotopic (exact) mass is 647 g/mol. The van der Waals surface area contributed by atoms with Gasteiger partial charge in [-0.15, -0.1) is 25.6 Å². The third-order valence-corrected chi connectivity index (χ3v) is 11.5. The number of halogens is 2. The number of nitrogens with two attached hydrogens (primary N) is 1. The van der Waals surface area contributed by atoms with E-state index >= 15 is 0 Å². The van der Waals surface area contributed by atoms with Crippen LogP contribution in [0.1, 0.15) is 66.9 Å². The molecule has 0 aromatic heterocycles. The summed E-state index contributed by atoms with van der Waals surface area (Å²) < 4.78 is 34.5. The van der Waals surface area contributed by atoms with E-state index < -0.39 is 21.2 Å². The number of hydrogen-bond donors (Lipinski definition) is 2. The van der Waals surface area contributed by atoms with Gasteiger partial charge in [0.2, 0.25) is 10.0 Å². The van der Waals surface area contributed by atoms with Crippen molar-refractivity contribution in [1.29, 1.82) is 0 Å². The Morgan fingerprint density at radius 1 is 1.26 bits per heavy atom. The lowest BCUT2D eigenvalue weighted by Gasteiger charge is -2.45. The Kier molecular flexibility index (Phi) is 10.6. The molecule has 0 saturated heterocycles. The summed E-state index contributed by atoms with van der Waals surface area (Å²) in [6.45, 7) is 11.2. The first-order valence-corrected chi connectivity index (χ1v) is 16.8. The smallest absolute Gasteiger partial charge is 0.264 e. The van der Waals surface area contributed by atoms with E-state index in [0.29, 0.717) is 43.6 Å². The molecule has 7 nitrogen and oxygen atoms in total. The molecule has 2 aliphatic carbocycles. The van der Waals surface area contributed by atoms with Crippen molar-refractivity contribution in [3.63, 3.8) is 0 Å². The highest BCUT2D eigenvalue weighted by Gasteiger charge is 2.44. The van der Waals surface area contributed by atoms with Crippen molar-refractivity contribution < 1.29 is 17.9 Å². The number of nitrogens with zero attached hydrogens (tertiary/aromatic N) is 1. The highest BCUT2D eigenvalue weighted by Crippen LogP contribution is 2.46. The number of aryl methyl sites for hydroxylation is 1. The predicted octanol–water partition coefficient (Wildman–Crippen LogP) is 6.19. The van der Waals surface area contributed by atoms with Crippen LogP contribution in [0.15, 0.2) is 61.7 Å². The fourth-order valence-electron chi connectivity index (χ4n) is 6.84. The SMILES string of the molecule is C=CCC[C@@H](C)S(=O)(=O)NC(=O)c1ccc2c(c1)N(C[C@@H]1CC[C@H]1[C@@H](N)C=C)C[C@@]1(CCCc3cc(Cl)ccc31)CO2.Cl. The molecule has 0 bridgehead atoms. The summed E-state index contributed by atoms with van der Waals surface area (Å²) in [6.07, 6.45) is 9.56. The van der Waals surface area contributed by atoms with E-state index in [1.54, 1.807) is 31.2 Å². The number of rotatable bonds is 10. The summed E-state index contributed by atoms with van der Waals surface area (Å²) in [5.74, 6) is 0.765. The van der Waals surface area contributed by atoms with Crippen molar-refractivity contribution in [1.82, 2.24) is 4.72 Å². The number of nitrogens with one attached hydrogen (secondary N) is 1. The first-order chi connectivity index (χ1) is 20.1. The number of ether oxygens (including phenoxy) is 1. The number of amides is 1. The van der Waals surface area contributed by atoms with E-state index in [-0.39, 0.29) is 29.4 Å². The lowest BCUT2D eigenvalue weighted by molar-refractivity contribution is 0.0981. The number of sulfonamides is 1.